The molecule has 1 heterocycles. The first-order valence-electron chi connectivity index (χ1n) is 9.27. The van der Waals surface area contributed by atoms with Crippen molar-refractivity contribution >= 4 is 34.0 Å². The van der Waals surface area contributed by atoms with Gasteiger partial charge in [-0.1, -0.05) is 23.7 Å². The van der Waals surface area contributed by atoms with Crippen LogP contribution in [0.2, 0.25) is 5.02 Å². The lowest BCUT2D eigenvalue weighted by molar-refractivity contribution is -0.116. The number of anilines is 1. The number of halogens is 1. The van der Waals surface area contributed by atoms with Crippen LogP contribution in [0.25, 0.3) is 11.3 Å². The van der Waals surface area contributed by atoms with E-state index >= 15 is 0 Å². The van der Waals surface area contributed by atoms with Gasteiger partial charge >= 0.3 is 0 Å². The maximum atomic E-state index is 12.2. The molecule has 0 saturated carbocycles. The smallest absolute Gasteiger partial charge is 0.226 e. The highest BCUT2D eigenvalue weighted by molar-refractivity contribution is 7.16. The molecule has 0 atom stereocenters. The van der Waals surface area contributed by atoms with Crippen molar-refractivity contribution in [2.75, 3.05) is 19.0 Å². The third kappa shape index (κ3) is 5.49. The number of amides is 1. The number of para-hydroxylation sites is 1. The molecule has 7 heteroatoms. The molecule has 0 radical (unpaired) electrons. The zero-order valence-electron chi connectivity index (χ0n) is 16.6. The Hall–Kier alpha value is -2.57. The third-order valence-electron chi connectivity index (χ3n) is 4.35. The van der Waals surface area contributed by atoms with Crippen molar-refractivity contribution < 1.29 is 14.3 Å². The summed E-state index contributed by atoms with van der Waals surface area (Å²) in [6.07, 6.45) is 0.937. The van der Waals surface area contributed by atoms with Gasteiger partial charge in [0, 0.05) is 16.9 Å². The Morgan fingerprint density at radius 1 is 1.17 bits per heavy atom. The largest absolute Gasteiger partial charge is 0.496 e. The van der Waals surface area contributed by atoms with Crippen LogP contribution in [0.4, 0.5) is 5.13 Å². The summed E-state index contributed by atoms with van der Waals surface area (Å²) in [6.45, 7) is 4.42. The van der Waals surface area contributed by atoms with Gasteiger partial charge in [0.1, 0.15) is 11.5 Å². The summed E-state index contributed by atoms with van der Waals surface area (Å²) in [4.78, 5) is 17.9. The number of ether oxygens (including phenoxy) is 2. The summed E-state index contributed by atoms with van der Waals surface area (Å²) in [5, 5.41) is 4.05. The number of aryl methyl sites for hydroxylation is 2. The van der Waals surface area contributed by atoms with E-state index in [0.717, 1.165) is 27.4 Å². The Morgan fingerprint density at radius 3 is 2.69 bits per heavy atom. The van der Waals surface area contributed by atoms with Crippen molar-refractivity contribution in [1.82, 2.24) is 4.98 Å². The van der Waals surface area contributed by atoms with Gasteiger partial charge in [-0.2, -0.15) is 0 Å². The van der Waals surface area contributed by atoms with Crippen LogP contribution in [0.1, 0.15) is 23.3 Å². The normalized spacial score (nSPS) is 10.6. The predicted molar refractivity (Wildman–Crippen MR) is 118 cm³/mol. The molecule has 2 aromatic carbocycles. The average molecular weight is 431 g/mol. The number of nitrogens with zero attached hydrogens (tertiary/aromatic N) is 1. The van der Waals surface area contributed by atoms with Crippen molar-refractivity contribution in [3.8, 4) is 22.8 Å². The number of carbonyl (C=O) groups excluding carboxylic acids is 1. The van der Waals surface area contributed by atoms with Crippen molar-refractivity contribution in [2.45, 2.75) is 26.7 Å². The zero-order valence-corrected chi connectivity index (χ0v) is 18.2. The van der Waals surface area contributed by atoms with Crippen LogP contribution in [-0.2, 0) is 4.79 Å². The lowest BCUT2D eigenvalue weighted by Crippen LogP contribution is -2.12. The number of benzene rings is 2. The second-order valence-electron chi connectivity index (χ2n) is 6.54. The molecule has 0 spiro atoms. The molecule has 0 aliphatic carbocycles. The lowest BCUT2D eigenvalue weighted by Gasteiger charge is -2.07. The van der Waals surface area contributed by atoms with E-state index in [4.69, 9.17) is 21.1 Å². The third-order valence-corrected chi connectivity index (χ3v) is 5.55. The minimum absolute atomic E-state index is 0.0843. The van der Waals surface area contributed by atoms with Crippen molar-refractivity contribution in [2.24, 2.45) is 0 Å². The van der Waals surface area contributed by atoms with Crippen molar-refractivity contribution in [3.05, 3.63) is 57.9 Å². The average Bonchev–Trinajstić information content (AvgIpc) is 3.06. The predicted octanol–water partition coefficient (Wildman–Crippen LogP) is 5.89. The summed E-state index contributed by atoms with van der Waals surface area (Å²) in [5.41, 5.74) is 2.92. The van der Waals surface area contributed by atoms with Crippen LogP contribution < -0.4 is 14.8 Å². The number of carbonyl (C=O) groups is 1. The first-order chi connectivity index (χ1) is 14.0. The number of rotatable bonds is 8. The second-order valence-corrected chi connectivity index (χ2v) is 8.15. The van der Waals surface area contributed by atoms with Crippen LogP contribution in [-0.4, -0.2) is 24.6 Å². The molecule has 3 rings (SSSR count). The molecular weight excluding hydrogens is 408 g/mol. The van der Waals surface area contributed by atoms with Gasteiger partial charge in [0.15, 0.2) is 5.13 Å². The monoisotopic (exact) mass is 430 g/mol. The highest BCUT2D eigenvalue weighted by Crippen LogP contribution is 2.32. The van der Waals surface area contributed by atoms with Gasteiger partial charge < -0.3 is 14.8 Å². The highest BCUT2D eigenvalue weighted by Gasteiger charge is 2.13. The van der Waals surface area contributed by atoms with Gasteiger partial charge in [0.2, 0.25) is 5.91 Å². The molecular formula is C22H23ClN2O3S. The lowest BCUT2D eigenvalue weighted by atomic mass is 10.1. The molecule has 0 saturated heterocycles. The van der Waals surface area contributed by atoms with Crippen LogP contribution in [0, 0.1) is 13.8 Å². The van der Waals surface area contributed by atoms with Crippen molar-refractivity contribution in [3.63, 3.8) is 0 Å². The van der Waals surface area contributed by atoms with Gasteiger partial charge in [-0.25, -0.2) is 4.98 Å². The highest BCUT2D eigenvalue weighted by atomic mass is 35.5. The number of hydrogen-bond acceptors (Lipinski definition) is 5. The fourth-order valence-corrected chi connectivity index (χ4v) is 3.94. The molecule has 1 amide bonds. The fourth-order valence-electron chi connectivity index (χ4n) is 2.90. The van der Waals surface area contributed by atoms with Gasteiger partial charge in [0.25, 0.3) is 0 Å². The number of thiazole rings is 1. The maximum Gasteiger partial charge on any atom is 0.226 e. The van der Waals surface area contributed by atoms with E-state index < -0.39 is 0 Å². The summed E-state index contributed by atoms with van der Waals surface area (Å²) >= 11 is 7.52. The molecule has 0 aliphatic rings. The zero-order chi connectivity index (χ0) is 20.8. The molecule has 1 aromatic heterocycles. The van der Waals surface area contributed by atoms with Gasteiger partial charge in [-0.05, 0) is 56.2 Å². The molecule has 0 aliphatic heterocycles. The topological polar surface area (TPSA) is 60.5 Å². The van der Waals surface area contributed by atoms with Crippen LogP contribution in [0.3, 0.4) is 0 Å². The van der Waals surface area contributed by atoms with Crippen LogP contribution in [0.5, 0.6) is 11.5 Å². The minimum atomic E-state index is -0.0843. The number of aromatic nitrogens is 1. The van der Waals surface area contributed by atoms with E-state index in [1.54, 1.807) is 13.2 Å². The Bertz CT molecular complexity index is 1000. The molecule has 152 valence electrons. The Morgan fingerprint density at radius 2 is 1.97 bits per heavy atom. The van der Waals surface area contributed by atoms with Gasteiger partial charge in [-0.15, -0.1) is 11.3 Å². The quantitative estimate of drug-likeness (QED) is 0.453. The summed E-state index contributed by atoms with van der Waals surface area (Å²) < 4.78 is 10.9. The molecule has 0 bridgehead atoms. The van der Waals surface area contributed by atoms with E-state index in [1.807, 2.05) is 50.2 Å². The molecule has 29 heavy (non-hydrogen) atoms. The number of methoxy groups -OCH3 is 1. The summed E-state index contributed by atoms with van der Waals surface area (Å²) in [7, 11) is 1.66. The van der Waals surface area contributed by atoms with E-state index in [1.165, 1.54) is 11.3 Å². The van der Waals surface area contributed by atoms with E-state index in [0.29, 0.717) is 35.4 Å². The molecule has 0 unspecified atom stereocenters. The molecule has 5 nitrogen and oxygen atoms in total. The molecule has 1 N–H and O–H groups in total. The SMILES string of the molecule is COc1ccc(-c2nc(NC(=O)CCCOc3ccccc3Cl)sc2C)cc1C. The van der Waals surface area contributed by atoms with Gasteiger partial charge in [-0.3, -0.25) is 4.79 Å². The summed E-state index contributed by atoms with van der Waals surface area (Å²) in [5.74, 6) is 1.39. The molecule has 0 fully saturated rings. The fraction of sp³-hybridized carbons (Fsp3) is 0.273. The van der Waals surface area contributed by atoms with Crippen LogP contribution >= 0.6 is 22.9 Å². The van der Waals surface area contributed by atoms with E-state index in [-0.39, 0.29) is 5.91 Å². The Kier molecular flexibility index (Phi) is 7.12. The maximum absolute atomic E-state index is 12.2. The number of hydrogen-bond donors (Lipinski definition) is 1. The van der Waals surface area contributed by atoms with Gasteiger partial charge in [0.05, 0.1) is 24.4 Å². The van der Waals surface area contributed by atoms with Crippen molar-refractivity contribution in [1.29, 1.82) is 0 Å². The van der Waals surface area contributed by atoms with E-state index in [2.05, 4.69) is 10.3 Å². The first kappa shape index (κ1) is 21.1. The minimum Gasteiger partial charge on any atom is -0.496 e. The molecule has 3 aromatic rings. The standard InChI is InChI=1S/C22H23ClN2O3S/c1-14-13-16(10-11-18(14)27-3)21-15(2)29-22(25-21)24-20(26)9-6-12-28-19-8-5-4-7-17(19)23/h4-5,7-8,10-11,13H,6,9,12H2,1-3H3,(H,24,25,26). The summed E-state index contributed by atoms with van der Waals surface area (Å²) in [6, 6.07) is 13.2. The first-order valence-corrected chi connectivity index (χ1v) is 10.5. The Labute approximate surface area is 179 Å². The second kappa shape index (κ2) is 9.76. The van der Waals surface area contributed by atoms with E-state index in [9.17, 15) is 4.79 Å². The number of nitrogens with one attached hydrogen (secondary N) is 1. The van der Waals surface area contributed by atoms with Crippen LogP contribution in [0.15, 0.2) is 42.5 Å². The Balaban J connectivity index is 1.54.